The fourth-order valence-corrected chi connectivity index (χ4v) is 6.84. The van der Waals surface area contributed by atoms with Crippen molar-refractivity contribution in [1.82, 2.24) is 19.9 Å². The topological polar surface area (TPSA) is 117 Å². The van der Waals surface area contributed by atoms with E-state index in [1.807, 2.05) is 31.2 Å². The quantitative estimate of drug-likeness (QED) is 0.274. The summed E-state index contributed by atoms with van der Waals surface area (Å²) in [7, 11) is 0. The Morgan fingerprint density at radius 2 is 1.53 bits per heavy atom. The Kier molecular flexibility index (Phi) is 10.1. The molecule has 0 aliphatic heterocycles. The number of amides is 3. The molecule has 0 bridgehead atoms. The highest BCUT2D eigenvalue weighted by Crippen LogP contribution is 2.32. The van der Waals surface area contributed by atoms with Gasteiger partial charge in [0.1, 0.15) is 16.7 Å². The molecule has 2 aliphatic carbocycles. The van der Waals surface area contributed by atoms with Crippen molar-refractivity contribution in [3.05, 3.63) is 81.6 Å². The molecule has 8 nitrogen and oxygen atoms in total. The third kappa shape index (κ3) is 7.41. The second-order valence-electron chi connectivity index (χ2n) is 11.8. The van der Waals surface area contributed by atoms with Crippen LogP contribution in [0.25, 0.3) is 0 Å². The number of anilines is 1. The standard InChI is InChI=1S/C33H40FN5O3S/c1-21-16-18-22(19-17-21)29(32(41)37-25-13-6-3-7-14-25)39(20-23-10-8-9-15-26(23)34)33(42)30-27(35)28(38-43-30)31(40)36-24-11-4-2-5-12-24/h8-10,15-19,24-25,29H,2-7,11-14,20,35H2,1H3,(H,36,40)(H,37,41). The molecule has 1 heterocycles. The number of aromatic nitrogens is 1. The van der Waals surface area contributed by atoms with Gasteiger partial charge in [0.25, 0.3) is 11.8 Å². The lowest BCUT2D eigenvalue weighted by atomic mass is 9.94. The highest BCUT2D eigenvalue weighted by atomic mass is 32.1. The first-order valence-corrected chi connectivity index (χ1v) is 16.1. The van der Waals surface area contributed by atoms with Gasteiger partial charge >= 0.3 is 0 Å². The molecule has 4 N–H and O–H groups in total. The normalized spacial score (nSPS) is 16.8. The van der Waals surface area contributed by atoms with Crippen molar-refractivity contribution < 1.29 is 18.8 Å². The first kappa shape index (κ1) is 30.7. The molecule has 3 aromatic rings. The predicted octanol–water partition coefficient (Wildman–Crippen LogP) is 6.07. The van der Waals surface area contributed by atoms with Crippen LogP contribution in [0.15, 0.2) is 48.5 Å². The van der Waals surface area contributed by atoms with E-state index >= 15 is 0 Å². The monoisotopic (exact) mass is 605 g/mol. The lowest BCUT2D eigenvalue weighted by molar-refractivity contribution is -0.127. The van der Waals surface area contributed by atoms with E-state index in [-0.39, 0.29) is 46.4 Å². The number of hydrogen-bond acceptors (Lipinski definition) is 6. The van der Waals surface area contributed by atoms with Crippen LogP contribution >= 0.6 is 11.5 Å². The zero-order chi connectivity index (χ0) is 30.3. The molecule has 228 valence electrons. The minimum Gasteiger partial charge on any atom is -0.395 e. The highest BCUT2D eigenvalue weighted by molar-refractivity contribution is 7.09. The van der Waals surface area contributed by atoms with E-state index in [0.717, 1.165) is 81.3 Å². The predicted molar refractivity (Wildman–Crippen MR) is 166 cm³/mol. The van der Waals surface area contributed by atoms with E-state index in [9.17, 15) is 18.8 Å². The van der Waals surface area contributed by atoms with Gasteiger partial charge in [0.15, 0.2) is 5.69 Å². The second kappa shape index (κ2) is 14.1. The van der Waals surface area contributed by atoms with Crippen LogP contribution in [-0.2, 0) is 11.3 Å². The maximum Gasteiger partial charge on any atom is 0.273 e. The summed E-state index contributed by atoms with van der Waals surface area (Å²) in [5, 5.41) is 6.18. The molecule has 2 fully saturated rings. The van der Waals surface area contributed by atoms with Gasteiger partial charge in [-0.25, -0.2) is 4.39 Å². The summed E-state index contributed by atoms with van der Waals surface area (Å²) in [5.74, 6) is -1.82. The summed E-state index contributed by atoms with van der Waals surface area (Å²) in [6, 6.07) is 12.6. The zero-order valence-electron chi connectivity index (χ0n) is 24.6. The smallest absolute Gasteiger partial charge is 0.273 e. The first-order valence-electron chi connectivity index (χ1n) is 15.3. The molecule has 1 unspecified atom stereocenters. The van der Waals surface area contributed by atoms with Gasteiger partial charge in [0, 0.05) is 17.6 Å². The third-order valence-corrected chi connectivity index (χ3v) is 9.39. The molecule has 3 amide bonds. The maximum absolute atomic E-state index is 15.0. The molecule has 5 rings (SSSR count). The molecular weight excluding hydrogens is 565 g/mol. The number of halogens is 1. The van der Waals surface area contributed by atoms with E-state index < -0.39 is 23.7 Å². The van der Waals surface area contributed by atoms with E-state index in [0.29, 0.717) is 5.56 Å². The van der Waals surface area contributed by atoms with Gasteiger partial charge in [-0.3, -0.25) is 14.4 Å². The number of hydrogen-bond donors (Lipinski definition) is 3. The average molecular weight is 606 g/mol. The molecule has 2 aliphatic rings. The van der Waals surface area contributed by atoms with Crippen molar-refractivity contribution in [2.75, 3.05) is 5.73 Å². The van der Waals surface area contributed by atoms with Gasteiger partial charge < -0.3 is 21.3 Å². The fraction of sp³-hybridized carbons (Fsp3) is 0.455. The zero-order valence-corrected chi connectivity index (χ0v) is 25.4. The number of aryl methyl sites for hydroxylation is 1. The minimum atomic E-state index is -1.06. The number of nitrogen functional groups attached to an aromatic ring is 1. The van der Waals surface area contributed by atoms with Gasteiger partial charge in [-0.2, -0.15) is 4.37 Å². The lowest BCUT2D eigenvalue weighted by Crippen LogP contribution is -2.47. The van der Waals surface area contributed by atoms with Crippen molar-refractivity contribution in [3.8, 4) is 0 Å². The molecular formula is C33H40FN5O3S. The van der Waals surface area contributed by atoms with Gasteiger partial charge in [0.05, 0.1) is 12.2 Å². The highest BCUT2D eigenvalue weighted by Gasteiger charge is 2.36. The van der Waals surface area contributed by atoms with Gasteiger partial charge in [-0.1, -0.05) is 86.6 Å². The summed E-state index contributed by atoms with van der Waals surface area (Å²) in [6.45, 7) is 1.77. The molecule has 0 radical (unpaired) electrons. The first-order chi connectivity index (χ1) is 20.8. The van der Waals surface area contributed by atoms with Crippen molar-refractivity contribution in [2.45, 2.75) is 95.8 Å². The summed E-state index contributed by atoms with van der Waals surface area (Å²) < 4.78 is 19.3. The third-order valence-electron chi connectivity index (χ3n) is 8.54. The Morgan fingerprint density at radius 3 is 2.16 bits per heavy atom. The Hall–Kier alpha value is -3.79. The molecule has 0 saturated heterocycles. The van der Waals surface area contributed by atoms with Gasteiger partial charge in [0.2, 0.25) is 5.91 Å². The van der Waals surface area contributed by atoms with Crippen molar-refractivity contribution in [2.24, 2.45) is 0 Å². The molecule has 1 aromatic heterocycles. The number of nitrogens with one attached hydrogen (secondary N) is 2. The second-order valence-corrected chi connectivity index (χ2v) is 12.5. The van der Waals surface area contributed by atoms with Crippen LogP contribution in [0, 0.1) is 12.7 Å². The maximum atomic E-state index is 15.0. The van der Waals surface area contributed by atoms with E-state index in [2.05, 4.69) is 15.0 Å². The number of carbonyl (C=O) groups excluding carboxylic acids is 3. The molecule has 10 heteroatoms. The van der Waals surface area contributed by atoms with Gasteiger partial charge in [-0.15, -0.1) is 0 Å². The van der Waals surface area contributed by atoms with Crippen LogP contribution < -0.4 is 16.4 Å². The number of benzene rings is 2. The van der Waals surface area contributed by atoms with Crippen LogP contribution in [0.2, 0.25) is 0 Å². The number of rotatable bonds is 9. The van der Waals surface area contributed by atoms with Crippen molar-refractivity contribution >= 4 is 34.9 Å². The largest absolute Gasteiger partial charge is 0.395 e. The molecule has 1 atom stereocenters. The summed E-state index contributed by atoms with van der Waals surface area (Å²) in [4.78, 5) is 42.9. The molecule has 43 heavy (non-hydrogen) atoms. The van der Waals surface area contributed by atoms with Crippen LogP contribution in [-0.4, -0.2) is 39.1 Å². The number of nitrogens with zero attached hydrogens (tertiary/aromatic N) is 2. The molecule has 0 spiro atoms. The summed E-state index contributed by atoms with van der Waals surface area (Å²) >= 11 is 0.828. The van der Waals surface area contributed by atoms with Crippen LogP contribution in [0.1, 0.15) is 107 Å². The Bertz CT molecular complexity index is 1430. The SMILES string of the molecule is Cc1ccc(C(C(=O)NC2CCCCC2)N(Cc2ccccc2F)C(=O)c2snc(C(=O)NC3CCCCC3)c2N)cc1. The lowest BCUT2D eigenvalue weighted by Gasteiger charge is -2.33. The molecule has 2 saturated carbocycles. The van der Waals surface area contributed by atoms with Crippen molar-refractivity contribution in [3.63, 3.8) is 0 Å². The van der Waals surface area contributed by atoms with Crippen molar-refractivity contribution in [1.29, 1.82) is 0 Å². The Balaban J connectivity index is 1.50. The fourth-order valence-electron chi connectivity index (χ4n) is 6.09. The Morgan fingerprint density at radius 1 is 0.930 bits per heavy atom. The van der Waals surface area contributed by atoms with Crippen LogP contribution in [0.4, 0.5) is 10.1 Å². The average Bonchev–Trinajstić information content (AvgIpc) is 3.40. The van der Waals surface area contributed by atoms with E-state index in [1.165, 1.54) is 11.0 Å². The Labute approximate surface area is 256 Å². The van der Waals surface area contributed by atoms with E-state index in [4.69, 9.17) is 5.73 Å². The number of nitrogens with two attached hydrogens (primary N) is 1. The summed E-state index contributed by atoms with van der Waals surface area (Å²) in [5.41, 5.74) is 8.26. The summed E-state index contributed by atoms with van der Waals surface area (Å²) in [6.07, 6.45) is 9.97. The van der Waals surface area contributed by atoms with Crippen LogP contribution in [0.5, 0.6) is 0 Å². The minimum absolute atomic E-state index is 0.00294. The van der Waals surface area contributed by atoms with Gasteiger partial charge in [-0.05, 0) is 55.8 Å². The number of carbonyl (C=O) groups is 3. The van der Waals surface area contributed by atoms with E-state index in [1.54, 1.807) is 18.2 Å². The van der Waals surface area contributed by atoms with Crippen LogP contribution in [0.3, 0.4) is 0 Å². The molecule has 2 aromatic carbocycles.